The summed E-state index contributed by atoms with van der Waals surface area (Å²) in [5.41, 5.74) is 3.92. The largest absolute Gasteiger partial charge is 0.482 e. The van der Waals surface area contributed by atoms with Gasteiger partial charge in [0.05, 0.1) is 11.7 Å². The number of nitrogens with one attached hydrogen (secondary N) is 1. The second kappa shape index (κ2) is 6.93. The van der Waals surface area contributed by atoms with Gasteiger partial charge < -0.3 is 15.2 Å². The molecule has 0 aliphatic carbocycles. The number of aliphatic hydroxyl groups is 1. The molecule has 3 aliphatic rings. The molecule has 6 heteroatoms. The lowest BCUT2D eigenvalue weighted by atomic mass is 9.92. The number of rotatable bonds is 2. The number of ether oxygens (including phenoxy) is 1. The van der Waals surface area contributed by atoms with Crippen LogP contribution in [0, 0.1) is 5.82 Å². The van der Waals surface area contributed by atoms with Crippen LogP contribution in [0.15, 0.2) is 36.4 Å². The number of hydrogen-bond acceptors (Lipinski definition) is 4. The first-order valence-corrected chi connectivity index (χ1v) is 10.4. The summed E-state index contributed by atoms with van der Waals surface area (Å²) >= 11 is 0. The van der Waals surface area contributed by atoms with Crippen LogP contribution < -0.4 is 5.32 Å². The number of carbonyl (C=O) groups excluding carboxylic acids is 1. The number of hydrogen-bond donors (Lipinski definition) is 2. The Bertz CT molecular complexity index is 1080. The Kier molecular flexibility index (Phi) is 4.45. The summed E-state index contributed by atoms with van der Waals surface area (Å²) in [5, 5.41) is 12.7. The average molecular weight is 408 g/mol. The molecule has 3 heterocycles. The van der Waals surface area contributed by atoms with E-state index in [0.717, 1.165) is 42.6 Å². The van der Waals surface area contributed by atoms with E-state index in [1.54, 1.807) is 6.07 Å². The molecule has 2 aromatic carbocycles. The molecule has 2 aromatic rings. The molecule has 0 bridgehead atoms. The molecule has 3 aliphatic heterocycles. The van der Waals surface area contributed by atoms with Crippen molar-refractivity contribution in [2.24, 2.45) is 0 Å². The molecule has 1 unspecified atom stereocenters. The van der Waals surface area contributed by atoms with E-state index in [4.69, 9.17) is 4.74 Å². The van der Waals surface area contributed by atoms with Crippen molar-refractivity contribution in [2.75, 3.05) is 18.4 Å². The zero-order valence-corrected chi connectivity index (χ0v) is 17.2. The molecule has 5 nitrogen and oxygen atoms in total. The van der Waals surface area contributed by atoms with E-state index in [-0.39, 0.29) is 17.8 Å². The Morgan fingerprint density at radius 2 is 2.07 bits per heavy atom. The van der Waals surface area contributed by atoms with Crippen LogP contribution in [-0.2, 0) is 21.7 Å². The van der Waals surface area contributed by atoms with Crippen molar-refractivity contribution in [3.8, 4) is 0 Å². The number of fused-ring (bicyclic) bond motifs is 2. The Morgan fingerprint density at radius 1 is 1.23 bits per heavy atom. The van der Waals surface area contributed by atoms with Gasteiger partial charge in [0.1, 0.15) is 17.2 Å². The van der Waals surface area contributed by atoms with Gasteiger partial charge in [-0.05, 0) is 63.1 Å². The highest BCUT2D eigenvalue weighted by molar-refractivity contribution is 6.36. The minimum Gasteiger partial charge on any atom is -0.482 e. The van der Waals surface area contributed by atoms with Crippen molar-refractivity contribution in [2.45, 2.75) is 44.9 Å². The highest BCUT2D eigenvalue weighted by atomic mass is 19.1. The quantitative estimate of drug-likeness (QED) is 0.741. The fraction of sp³-hybridized carbons (Fsp3) is 0.375. The van der Waals surface area contributed by atoms with Gasteiger partial charge in [-0.1, -0.05) is 12.1 Å². The number of β-amino-alcohol motifs (C(OH)–C–C–N with tert-alkyl or cyclic N) is 1. The number of anilines is 1. The third kappa shape index (κ3) is 3.20. The first-order chi connectivity index (χ1) is 14.3. The Morgan fingerprint density at radius 3 is 2.87 bits per heavy atom. The molecule has 30 heavy (non-hydrogen) atoms. The predicted molar refractivity (Wildman–Crippen MR) is 113 cm³/mol. The number of amides is 1. The second-order valence-electron chi connectivity index (χ2n) is 8.87. The van der Waals surface area contributed by atoms with Gasteiger partial charge in [-0.15, -0.1) is 0 Å². The maximum absolute atomic E-state index is 13.9. The number of halogens is 1. The minimum atomic E-state index is -0.606. The number of nitrogens with zero attached hydrogens (tertiary/aromatic N) is 1. The average Bonchev–Trinajstić information content (AvgIpc) is 3.14. The summed E-state index contributed by atoms with van der Waals surface area (Å²) in [5.74, 6) is -0.169. The summed E-state index contributed by atoms with van der Waals surface area (Å²) < 4.78 is 20.2. The van der Waals surface area contributed by atoms with Crippen LogP contribution in [0.5, 0.6) is 0 Å². The van der Waals surface area contributed by atoms with Gasteiger partial charge in [-0.3, -0.25) is 9.69 Å². The zero-order valence-electron chi connectivity index (χ0n) is 17.2. The summed E-state index contributed by atoms with van der Waals surface area (Å²) in [6.45, 7) is 6.39. The maximum atomic E-state index is 13.9. The lowest BCUT2D eigenvalue weighted by molar-refractivity contribution is -0.110. The summed E-state index contributed by atoms with van der Waals surface area (Å²) in [6.07, 6.45) is 1.61. The fourth-order valence-electron chi connectivity index (χ4n) is 4.73. The van der Waals surface area contributed by atoms with E-state index in [2.05, 4.69) is 16.3 Å². The normalized spacial score (nSPS) is 24.9. The van der Waals surface area contributed by atoms with Gasteiger partial charge in [-0.25, -0.2) is 4.39 Å². The van der Waals surface area contributed by atoms with Crippen molar-refractivity contribution in [1.82, 2.24) is 4.90 Å². The standard InChI is InChI=1S/C24H25FN2O3/c1-24(2)19-10-14(12-27-9-3-4-16(28)13-27)5-7-17(19)22(30-24)21-18-11-15(25)6-8-20(18)26-23(21)29/h5-8,10-11,16,28H,3-4,9,12-13H2,1-2H3,(H,26,29). The molecular weight excluding hydrogens is 383 g/mol. The topological polar surface area (TPSA) is 61.8 Å². The van der Waals surface area contributed by atoms with Crippen molar-refractivity contribution >= 4 is 22.9 Å². The number of likely N-dealkylation sites (tertiary alicyclic amines) is 1. The van der Waals surface area contributed by atoms with Crippen molar-refractivity contribution in [1.29, 1.82) is 0 Å². The first-order valence-electron chi connectivity index (χ1n) is 10.4. The van der Waals surface area contributed by atoms with E-state index in [1.165, 1.54) is 12.1 Å². The predicted octanol–water partition coefficient (Wildman–Crippen LogP) is 3.87. The van der Waals surface area contributed by atoms with Gasteiger partial charge in [0, 0.05) is 35.5 Å². The van der Waals surface area contributed by atoms with Crippen LogP contribution in [0.4, 0.5) is 10.1 Å². The molecule has 5 rings (SSSR count). The van der Waals surface area contributed by atoms with Gasteiger partial charge in [0.15, 0.2) is 0 Å². The van der Waals surface area contributed by atoms with Gasteiger partial charge in [0.25, 0.3) is 5.91 Å². The molecule has 156 valence electrons. The third-order valence-electron chi connectivity index (χ3n) is 6.17. The second-order valence-corrected chi connectivity index (χ2v) is 8.87. The van der Waals surface area contributed by atoms with Gasteiger partial charge >= 0.3 is 0 Å². The number of carbonyl (C=O) groups is 1. The summed E-state index contributed by atoms with van der Waals surface area (Å²) in [7, 11) is 0. The molecule has 1 saturated heterocycles. The fourth-order valence-corrected chi connectivity index (χ4v) is 4.73. The van der Waals surface area contributed by atoms with Crippen LogP contribution in [0.1, 0.15) is 48.9 Å². The molecule has 0 saturated carbocycles. The lowest BCUT2D eigenvalue weighted by Gasteiger charge is -2.30. The molecular formula is C24H25FN2O3. The maximum Gasteiger partial charge on any atom is 0.260 e. The number of piperidine rings is 1. The monoisotopic (exact) mass is 408 g/mol. The van der Waals surface area contributed by atoms with Crippen LogP contribution in [0.25, 0.3) is 11.3 Å². The Labute approximate surface area is 175 Å². The van der Waals surface area contributed by atoms with Crippen LogP contribution in [0.2, 0.25) is 0 Å². The highest BCUT2D eigenvalue weighted by Crippen LogP contribution is 2.48. The number of aliphatic hydroxyl groups excluding tert-OH is 1. The Hall–Kier alpha value is -2.70. The smallest absolute Gasteiger partial charge is 0.260 e. The molecule has 0 spiro atoms. The Balaban J connectivity index is 1.55. The van der Waals surface area contributed by atoms with E-state index >= 15 is 0 Å². The summed E-state index contributed by atoms with van der Waals surface area (Å²) in [4.78, 5) is 15.0. The molecule has 2 N–H and O–H groups in total. The van der Waals surface area contributed by atoms with Gasteiger partial charge in [0.2, 0.25) is 0 Å². The van der Waals surface area contributed by atoms with Crippen LogP contribution in [-0.4, -0.2) is 35.1 Å². The van der Waals surface area contributed by atoms with Crippen molar-refractivity contribution in [3.63, 3.8) is 0 Å². The third-order valence-corrected chi connectivity index (χ3v) is 6.17. The molecule has 0 radical (unpaired) electrons. The van der Waals surface area contributed by atoms with E-state index < -0.39 is 5.60 Å². The van der Waals surface area contributed by atoms with Crippen molar-refractivity contribution in [3.05, 3.63) is 64.5 Å². The van der Waals surface area contributed by atoms with Gasteiger partial charge in [-0.2, -0.15) is 0 Å². The minimum absolute atomic E-state index is 0.259. The lowest BCUT2D eigenvalue weighted by Crippen LogP contribution is -2.37. The van der Waals surface area contributed by atoms with Crippen LogP contribution in [0.3, 0.4) is 0 Å². The molecule has 1 fully saturated rings. The first kappa shape index (κ1) is 19.3. The zero-order chi connectivity index (χ0) is 21.0. The summed E-state index contributed by atoms with van der Waals surface area (Å²) in [6, 6.07) is 10.5. The molecule has 1 atom stereocenters. The van der Waals surface area contributed by atoms with E-state index in [0.29, 0.717) is 29.1 Å². The van der Waals surface area contributed by atoms with Crippen molar-refractivity contribution < 1.29 is 19.0 Å². The van der Waals surface area contributed by atoms with E-state index in [9.17, 15) is 14.3 Å². The SMILES string of the molecule is CC1(C)OC(=C2C(=O)Nc3ccc(F)cc32)c2ccc(CN3CCCC(O)C3)cc21. The number of benzene rings is 2. The highest BCUT2D eigenvalue weighted by Gasteiger charge is 2.40. The van der Waals surface area contributed by atoms with Crippen LogP contribution >= 0.6 is 0 Å². The van der Waals surface area contributed by atoms with E-state index in [1.807, 2.05) is 26.0 Å². The molecule has 0 aromatic heterocycles. The molecule has 1 amide bonds.